The van der Waals surface area contributed by atoms with Gasteiger partial charge in [0, 0.05) is 33.2 Å². The summed E-state index contributed by atoms with van der Waals surface area (Å²) in [6.45, 7) is 0. The van der Waals surface area contributed by atoms with Crippen LogP contribution in [0.2, 0.25) is 0 Å². The summed E-state index contributed by atoms with van der Waals surface area (Å²) in [7, 11) is 0. The Kier molecular flexibility index (Phi) is 9.71. The normalized spacial score (nSPS) is 12.4. The third-order valence-electron chi connectivity index (χ3n) is 13.9. The minimum atomic E-state index is -0.586. The minimum Gasteiger partial charge on any atom is -0.309 e. The lowest BCUT2D eigenvalue weighted by Crippen LogP contribution is -2.28. The van der Waals surface area contributed by atoms with Crippen LogP contribution in [0.15, 0.2) is 249 Å². The lowest BCUT2D eigenvalue weighted by molar-refractivity contribution is 0.769. The molecule has 13 rings (SSSR count). The highest BCUT2D eigenvalue weighted by atomic mass is 15.0. The summed E-state index contributed by atoms with van der Waals surface area (Å²) in [4.78, 5) is 15.5. The fourth-order valence-corrected chi connectivity index (χ4v) is 10.8. The van der Waals surface area contributed by atoms with Crippen molar-refractivity contribution in [2.24, 2.45) is 0 Å². The third-order valence-corrected chi connectivity index (χ3v) is 13.9. The number of hydrogen-bond donors (Lipinski definition) is 0. The van der Waals surface area contributed by atoms with Crippen LogP contribution < -0.4 is 0 Å². The first-order chi connectivity index (χ1) is 34.7. The van der Waals surface area contributed by atoms with Gasteiger partial charge in [-0.25, -0.2) is 15.0 Å². The summed E-state index contributed by atoms with van der Waals surface area (Å²) >= 11 is 0. The number of fused-ring (bicyclic) bond motifs is 6. The van der Waals surface area contributed by atoms with Crippen molar-refractivity contribution in [2.45, 2.75) is 5.41 Å². The Morgan fingerprint density at radius 2 is 0.871 bits per heavy atom. The van der Waals surface area contributed by atoms with Crippen LogP contribution >= 0.6 is 0 Å². The molecule has 1 aliphatic carbocycles. The average molecular weight is 892 g/mol. The van der Waals surface area contributed by atoms with Gasteiger partial charge in [0.05, 0.1) is 28.1 Å². The van der Waals surface area contributed by atoms with Crippen LogP contribution in [-0.4, -0.2) is 19.5 Å². The van der Waals surface area contributed by atoms with Gasteiger partial charge in [0.25, 0.3) is 0 Å². The van der Waals surface area contributed by atoms with E-state index in [4.69, 9.17) is 15.0 Å². The molecule has 0 bridgehead atoms. The molecule has 0 saturated carbocycles. The van der Waals surface area contributed by atoms with Crippen LogP contribution in [-0.2, 0) is 5.41 Å². The topological polar surface area (TPSA) is 67.4 Å². The van der Waals surface area contributed by atoms with Gasteiger partial charge in [0.15, 0.2) is 17.5 Å². The van der Waals surface area contributed by atoms with Gasteiger partial charge in [0.1, 0.15) is 0 Å². The molecule has 326 valence electrons. The Balaban J connectivity index is 1.11. The van der Waals surface area contributed by atoms with Crippen molar-refractivity contribution in [3.8, 4) is 79.3 Å². The fraction of sp³-hybridized carbons (Fsp3) is 0.0154. The molecular weight excluding hydrogens is 851 g/mol. The first-order valence-corrected chi connectivity index (χ1v) is 23.6. The number of rotatable bonds is 8. The van der Waals surface area contributed by atoms with Gasteiger partial charge < -0.3 is 4.57 Å². The standard InChI is InChI=1S/C65H41N5/c66-42-49-36-46(34-35-53(49)43-20-6-1-7-21-43)47-37-48(64-68-62(44-22-8-2-9-23-44)67-63(69-64)45-24-10-3-11-25-45)39-52(38-47)70-60-33-19-17-31-55(60)57-40-56-54-30-16-18-32-58(54)65(59(56)41-61(57)70,50-26-12-4-13-27-50)51-28-14-5-15-29-51/h1-41H. The van der Waals surface area contributed by atoms with Crippen molar-refractivity contribution < 1.29 is 0 Å². The number of nitriles is 1. The van der Waals surface area contributed by atoms with Crippen molar-refractivity contribution in [1.82, 2.24) is 19.5 Å². The molecule has 0 unspecified atom stereocenters. The number of para-hydroxylation sites is 1. The number of nitrogens with zero attached hydrogens (tertiary/aromatic N) is 5. The maximum absolute atomic E-state index is 10.7. The molecular formula is C65H41N5. The van der Waals surface area contributed by atoms with Crippen LogP contribution in [0.3, 0.4) is 0 Å². The van der Waals surface area contributed by atoms with Crippen molar-refractivity contribution in [1.29, 1.82) is 5.26 Å². The van der Waals surface area contributed by atoms with E-state index < -0.39 is 5.41 Å². The van der Waals surface area contributed by atoms with Gasteiger partial charge in [-0.05, 0) is 98.1 Å². The maximum Gasteiger partial charge on any atom is 0.164 e. The zero-order valence-corrected chi connectivity index (χ0v) is 37.9. The Bertz CT molecular complexity index is 3890. The van der Waals surface area contributed by atoms with Crippen LogP contribution in [0.25, 0.3) is 95.0 Å². The van der Waals surface area contributed by atoms with Crippen molar-refractivity contribution in [2.75, 3.05) is 0 Å². The molecule has 0 amide bonds. The summed E-state index contributed by atoms with van der Waals surface area (Å²) in [6, 6.07) is 90.0. The van der Waals surface area contributed by atoms with Gasteiger partial charge in [-0.15, -0.1) is 0 Å². The maximum atomic E-state index is 10.7. The second-order valence-corrected chi connectivity index (χ2v) is 17.8. The van der Waals surface area contributed by atoms with E-state index in [0.717, 1.165) is 66.4 Å². The highest BCUT2D eigenvalue weighted by Crippen LogP contribution is 2.57. The quantitative estimate of drug-likeness (QED) is 0.152. The minimum absolute atomic E-state index is 0.543. The average Bonchev–Trinajstić information content (AvgIpc) is 3.93. The molecule has 0 spiro atoms. The predicted molar refractivity (Wildman–Crippen MR) is 283 cm³/mol. The smallest absolute Gasteiger partial charge is 0.164 e. The van der Waals surface area contributed by atoms with E-state index in [1.54, 1.807) is 0 Å². The first-order valence-electron chi connectivity index (χ1n) is 23.6. The van der Waals surface area contributed by atoms with E-state index in [-0.39, 0.29) is 0 Å². The Morgan fingerprint density at radius 1 is 0.343 bits per heavy atom. The molecule has 5 heteroatoms. The largest absolute Gasteiger partial charge is 0.309 e. The van der Waals surface area contributed by atoms with Gasteiger partial charge in [-0.3, -0.25) is 0 Å². The number of benzene rings is 10. The van der Waals surface area contributed by atoms with E-state index >= 15 is 0 Å². The molecule has 12 aromatic rings. The van der Waals surface area contributed by atoms with Crippen LogP contribution in [0.1, 0.15) is 27.8 Å². The summed E-state index contributed by atoms with van der Waals surface area (Å²) in [5.74, 6) is 1.71. The molecule has 0 atom stereocenters. The first kappa shape index (κ1) is 40.7. The molecule has 70 heavy (non-hydrogen) atoms. The van der Waals surface area contributed by atoms with Crippen molar-refractivity contribution >= 4 is 21.8 Å². The molecule has 0 fully saturated rings. The van der Waals surface area contributed by atoms with E-state index in [1.807, 2.05) is 97.1 Å². The molecule has 5 nitrogen and oxygen atoms in total. The molecule has 10 aromatic carbocycles. The monoisotopic (exact) mass is 891 g/mol. The fourth-order valence-electron chi connectivity index (χ4n) is 10.8. The predicted octanol–water partition coefficient (Wildman–Crippen LogP) is 15.5. The SMILES string of the molecule is N#Cc1cc(-c2cc(-c3nc(-c4ccccc4)nc(-c4ccccc4)n3)cc(-n3c4ccccc4c4cc5c(cc43)C(c3ccccc3)(c3ccccc3)c3ccccc3-5)c2)ccc1-c1ccccc1. The molecule has 2 heterocycles. The number of hydrogen-bond acceptors (Lipinski definition) is 4. The summed E-state index contributed by atoms with van der Waals surface area (Å²) in [6.07, 6.45) is 0. The molecule has 0 aliphatic heterocycles. The highest BCUT2D eigenvalue weighted by Gasteiger charge is 2.46. The van der Waals surface area contributed by atoms with Crippen molar-refractivity contribution in [3.63, 3.8) is 0 Å². The van der Waals surface area contributed by atoms with Crippen molar-refractivity contribution in [3.05, 3.63) is 277 Å². The van der Waals surface area contributed by atoms with Gasteiger partial charge in [0.2, 0.25) is 0 Å². The lowest BCUT2D eigenvalue weighted by atomic mass is 9.67. The van der Waals surface area contributed by atoms with Crippen LogP contribution in [0.5, 0.6) is 0 Å². The second kappa shape index (κ2) is 16.7. The lowest BCUT2D eigenvalue weighted by Gasteiger charge is -2.34. The third kappa shape index (κ3) is 6.58. The zero-order valence-electron chi connectivity index (χ0n) is 37.9. The summed E-state index contributed by atoms with van der Waals surface area (Å²) in [5, 5.41) is 13.0. The summed E-state index contributed by atoms with van der Waals surface area (Å²) in [5.41, 5.74) is 16.8. The van der Waals surface area contributed by atoms with Crippen LogP contribution in [0, 0.1) is 11.3 Å². The Morgan fingerprint density at radius 3 is 1.50 bits per heavy atom. The molecule has 0 N–H and O–H groups in total. The van der Waals surface area contributed by atoms with Gasteiger partial charge >= 0.3 is 0 Å². The second-order valence-electron chi connectivity index (χ2n) is 17.8. The molecule has 0 radical (unpaired) electrons. The van der Waals surface area contributed by atoms with E-state index in [2.05, 4.69) is 162 Å². The van der Waals surface area contributed by atoms with E-state index in [9.17, 15) is 5.26 Å². The molecule has 0 saturated heterocycles. The molecule has 2 aromatic heterocycles. The van der Waals surface area contributed by atoms with Crippen LogP contribution in [0.4, 0.5) is 0 Å². The Hall–Kier alpha value is -9.50. The van der Waals surface area contributed by atoms with E-state index in [1.165, 1.54) is 33.4 Å². The molecule has 1 aliphatic rings. The van der Waals surface area contributed by atoms with E-state index in [0.29, 0.717) is 23.0 Å². The zero-order chi connectivity index (χ0) is 46.6. The number of aromatic nitrogens is 4. The summed E-state index contributed by atoms with van der Waals surface area (Å²) < 4.78 is 2.41. The van der Waals surface area contributed by atoms with Gasteiger partial charge in [-0.2, -0.15) is 5.26 Å². The van der Waals surface area contributed by atoms with Gasteiger partial charge in [-0.1, -0.05) is 206 Å². The highest BCUT2D eigenvalue weighted by molar-refractivity contribution is 6.12. The Labute approximate surface area is 406 Å².